The highest BCUT2D eigenvalue weighted by Gasteiger charge is 2.20. The standard InChI is InChI=1S/C13H16N2O4/c1-14-6-5-9(12(16)17)8-3-4-10-11(7-8)19-13(18)15(10)2/h3-4,7,9,14H,5-6H2,1-2H3,(H,16,17). The second kappa shape index (κ2) is 5.27. The third-order valence-electron chi connectivity index (χ3n) is 3.20. The zero-order valence-electron chi connectivity index (χ0n) is 10.8. The fraction of sp³-hybridized carbons (Fsp3) is 0.385. The highest BCUT2D eigenvalue weighted by molar-refractivity contribution is 5.80. The second-order valence-corrected chi connectivity index (χ2v) is 4.44. The molecule has 1 atom stereocenters. The summed E-state index contributed by atoms with van der Waals surface area (Å²) in [4.78, 5) is 22.7. The van der Waals surface area contributed by atoms with Gasteiger partial charge in [-0.2, -0.15) is 0 Å². The highest BCUT2D eigenvalue weighted by atomic mass is 16.4. The molecule has 6 nitrogen and oxygen atoms in total. The van der Waals surface area contributed by atoms with E-state index in [9.17, 15) is 14.7 Å². The van der Waals surface area contributed by atoms with Crippen LogP contribution < -0.4 is 11.1 Å². The lowest BCUT2D eigenvalue weighted by Crippen LogP contribution is -2.18. The average molecular weight is 264 g/mol. The van der Waals surface area contributed by atoms with Crippen molar-refractivity contribution in [1.29, 1.82) is 0 Å². The molecular weight excluding hydrogens is 248 g/mol. The summed E-state index contributed by atoms with van der Waals surface area (Å²) < 4.78 is 6.46. The van der Waals surface area contributed by atoms with Crippen LogP contribution in [0.3, 0.4) is 0 Å². The fourth-order valence-corrected chi connectivity index (χ4v) is 2.09. The van der Waals surface area contributed by atoms with E-state index in [1.54, 1.807) is 32.3 Å². The fourth-order valence-electron chi connectivity index (χ4n) is 2.09. The molecule has 6 heteroatoms. The van der Waals surface area contributed by atoms with Crippen molar-refractivity contribution in [3.63, 3.8) is 0 Å². The number of benzene rings is 1. The molecule has 0 amide bonds. The van der Waals surface area contributed by atoms with Gasteiger partial charge in [-0.3, -0.25) is 9.36 Å². The molecule has 0 saturated heterocycles. The maximum Gasteiger partial charge on any atom is 0.419 e. The van der Waals surface area contributed by atoms with Crippen LogP contribution in [0.15, 0.2) is 27.4 Å². The van der Waals surface area contributed by atoms with Crippen LogP contribution in [0, 0.1) is 0 Å². The van der Waals surface area contributed by atoms with Gasteiger partial charge in [0.25, 0.3) is 0 Å². The first-order valence-corrected chi connectivity index (χ1v) is 6.01. The Kier molecular flexibility index (Phi) is 3.71. The van der Waals surface area contributed by atoms with Crippen LogP contribution >= 0.6 is 0 Å². The largest absolute Gasteiger partial charge is 0.481 e. The molecule has 1 aromatic carbocycles. The quantitative estimate of drug-likeness (QED) is 0.838. The minimum atomic E-state index is -0.882. The Hall–Kier alpha value is -2.08. The number of oxazole rings is 1. The summed E-state index contributed by atoms with van der Waals surface area (Å²) in [6.45, 7) is 0.605. The smallest absolute Gasteiger partial charge is 0.419 e. The highest BCUT2D eigenvalue weighted by Crippen LogP contribution is 2.23. The van der Waals surface area contributed by atoms with Gasteiger partial charge in [0.2, 0.25) is 0 Å². The number of aromatic nitrogens is 1. The van der Waals surface area contributed by atoms with E-state index in [4.69, 9.17) is 4.42 Å². The van der Waals surface area contributed by atoms with E-state index in [1.807, 2.05) is 0 Å². The monoisotopic (exact) mass is 264 g/mol. The number of aryl methyl sites for hydroxylation is 1. The zero-order valence-corrected chi connectivity index (χ0v) is 10.8. The first-order chi connectivity index (χ1) is 9.04. The number of nitrogens with zero attached hydrogens (tertiary/aromatic N) is 1. The predicted molar refractivity (Wildman–Crippen MR) is 70.4 cm³/mol. The molecular formula is C13H16N2O4. The Labute approximate surface area is 109 Å². The summed E-state index contributed by atoms with van der Waals surface area (Å²) in [6.07, 6.45) is 0.481. The molecule has 0 saturated carbocycles. The lowest BCUT2D eigenvalue weighted by molar-refractivity contribution is -0.138. The van der Waals surface area contributed by atoms with Gasteiger partial charge in [-0.15, -0.1) is 0 Å². The van der Waals surface area contributed by atoms with Crippen LogP contribution in [0.25, 0.3) is 11.1 Å². The number of hydrogen-bond acceptors (Lipinski definition) is 4. The molecule has 0 radical (unpaired) electrons. The van der Waals surface area contributed by atoms with Gasteiger partial charge in [0.15, 0.2) is 5.58 Å². The number of nitrogens with one attached hydrogen (secondary N) is 1. The Bertz CT molecular complexity index is 656. The van der Waals surface area contributed by atoms with Gasteiger partial charge in [0.1, 0.15) is 0 Å². The average Bonchev–Trinajstić information content (AvgIpc) is 2.65. The molecule has 0 aliphatic rings. The van der Waals surface area contributed by atoms with Gasteiger partial charge in [0.05, 0.1) is 11.4 Å². The molecule has 2 N–H and O–H groups in total. The molecule has 2 rings (SSSR count). The third-order valence-corrected chi connectivity index (χ3v) is 3.20. The summed E-state index contributed by atoms with van der Waals surface area (Å²) in [5.74, 6) is -1.94. The van der Waals surface area contributed by atoms with E-state index in [1.165, 1.54) is 4.57 Å². The number of aliphatic carboxylic acids is 1. The molecule has 1 unspecified atom stereocenters. The number of carboxylic acid groups (broad SMARTS) is 1. The van der Waals surface area contributed by atoms with Crippen LogP contribution in [-0.4, -0.2) is 29.2 Å². The summed E-state index contributed by atoms with van der Waals surface area (Å²) in [5, 5.41) is 12.2. The minimum absolute atomic E-state index is 0.417. The number of fused-ring (bicyclic) bond motifs is 1. The van der Waals surface area contributed by atoms with Gasteiger partial charge < -0.3 is 14.8 Å². The molecule has 0 spiro atoms. The van der Waals surface area contributed by atoms with E-state index >= 15 is 0 Å². The van der Waals surface area contributed by atoms with E-state index in [0.29, 0.717) is 29.6 Å². The topological polar surface area (TPSA) is 84.5 Å². The lowest BCUT2D eigenvalue weighted by atomic mass is 9.95. The second-order valence-electron chi connectivity index (χ2n) is 4.44. The molecule has 102 valence electrons. The van der Waals surface area contributed by atoms with Crippen molar-refractivity contribution in [3.8, 4) is 0 Å². The summed E-state index contributed by atoms with van der Waals surface area (Å²) in [5.41, 5.74) is 1.72. The maximum atomic E-state index is 11.4. The Morgan fingerprint density at radius 1 is 1.53 bits per heavy atom. The summed E-state index contributed by atoms with van der Waals surface area (Å²) in [7, 11) is 3.39. The number of hydrogen-bond donors (Lipinski definition) is 2. The van der Waals surface area contributed by atoms with Crippen LogP contribution in [-0.2, 0) is 11.8 Å². The third kappa shape index (κ3) is 2.53. The molecule has 1 heterocycles. The van der Waals surface area contributed by atoms with Crippen molar-refractivity contribution < 1.29 is 14.3 Å². The molecule has 19 heavy (non-hydrogen) atoms. The van der Waals surface area contributed by atoms with E-state index in [2.05, 4.69) is 5.32 Å². The van der Waals surface area contributed by atoms with E-state index in [-0.39, 0.29) is 0 Å². The molecule has 0 fully saturated rings. The lowest BCUT2D eigenvalue weighted by Gasteiger charge is -2.12. The van der Waals surface area contributed by atoms with Crippen molar-refractivity contribution in [1.82, 2.24) is 9.88 Å². The zero-order chi connectivity index (χ0) is 14.0. The van der Waals surface area contributed by atoms with E-state index in [0.717, 1.165) is 0 Å². The number of carboxylic acids is 1. The van der Waals surface area contributed by atoms with Gasteiger partial charge in [-0.05, 0) is 37.7 Å². The van der Waals surface area contributed by atoms with Crippen molar-refractivity contribution >= 4 is 17.1 Å². The molecule has 2 aromatic rings. The van der Waals surface area contributed by atoms with Gasteiger partial charge >= 0.3 is 11.7 Å². The Balaban J connectivity index is 2.43. The van der Waals surface area contributed by atoms with Gasteiger partial charge in [-0.1, -0.05) is 6.07 Å². The van der Waals surface area contributed by atoms with Crippen LogP contribution in [0.5, 0.6) is 0 Å². The predicted octanol–water partition coefficient (Wildman–Crippen LogP) is 0.909. The summed E-state index contributed by atoms with van der Waals surface area (Å²) >= 11 is 0. The molecule has 1 aromatic heterocycles. The van der Waals surface area contributed by atoms with Crippen molar-refractivity contribution in [3.05, 3.63) is 34.3 Å². The summed E-state index contributed by atoms with van der Waals surface area (Å²) in [6, 6.07) is 5.07. The first kappa shape index (κ1) is 13.4. The Morgan fingerprint density at radius 2 is 2.26 bits per heavy atom. The Morgan fingerprint density at radius 3 is 2.89 bits per heavy atom. The van der Waals surface area contributed by atoms with Crippen molar-refractivity contribution in [2.45, 2.75) is 12.3 Å². The van der Waals surface area contributed by atoms with Crippen molar-refractivity contribution in [2.24, 2.45) is 7.05 Å². The van der Waals surface area contributed by atoms with Crippen LogP contribution in [0.1, 0.15) is 17.9 Å². The maximum absolute atomic E-state index is 11.4. The minimum Gasteiger partial charge on any atom is -0.481 e. The molecule has 0 bridgehead atoms. The number of rotatable bonds is 5. The van der Waals surface area contributed by atoms with Crippen LogP contribution in [0.2, 0.25) is 0 Å². The van der Waals surface area contributed by atoms with Gasteiger partial charge in [0, 0.05) is 7.05 Å². The normalized spacial score (nSPS) is 12.7. The molecule has 0 aliphatic carbocycles. The molecule has 0 aliphatic heterocycles. The van der Waals surface area contributed by atoms with Crippen LogP contribution in [0.4, 0.5) is 0 Å². The first-order valence-electron chi connectivity index (χ1n) is 6.01. The SMILES string of the molecule is CNCCC(C(=O)O)c1ccc2c(c1)oc(=O)n2C. The number of carbonyl (C=O) groups is 1. The van der Waals surface area contributed by atoms with Gasteiger partial charge in [-0.25, -0.2) is 4.79 Å². The van der Waals surface area contributed by atoms with Crippen molar-refractivity contribution in [2.75, 3.05) is 13.6 Å². The van der Waals surface area contributed by atoms with E-state index < -0.39 is 17.6 Å².